The van der Waals surface area contributed by atoms with E-state index >= 15 is 0 Å². The van der Waals surface area contributed by atoms with Gasteiger partial charge in [0.2, 0.25) is 5.88 Å². The first-order valence-corrected chi connectivity index (χ1v) is 5.66. The Balaban J connectivity index is 2.25. The molecule has 0 bridgehead atoms. The lowest BCUT2D eigenvalue weighted by Crippen LogP contribution is -1.95. The summed E-state index contributed by atoms with van der Waals surface area (Å²) in [6, 6.07) is 5.51. The van der Waals surface area contributed by atoms with Crippen LogP contribution in [0, 0.1) is 6.92 Å². The third-order valence-electron chi connectivity index (χ3n) is 1.97. The average Bonchev–Trinajstić information content (AvgIpc) is 2.33. The first-order valence-electron chi connectivity index (χ1n) is 4.87. The van der Waals surface area contributed by atoms with Gasteiger partial charge in [-0.3, -0.25) is 0 Å². The minimum absolute atomic E-state index is 0.218. The lowest BCUT2D eigenvalue weighted by atomic mass is 10.4. The van der Waals surface area contributed by atoms with Gasteiger partial charge in [-0.25, -0.2) is 9.97 Å². The summed E-state index contributed by atoms with van der Waals surface area (Å²) in [4.78, 5) is 12.2. The van der Waals surface area contributed by atoms with E-state index in [4.69, 9.17) is 9.47 Å². The number of aromatic nitrogens is 3. The van der Waals surface area contributed by atoms with Crippen molar-refractivity contribution in [2.45, 2.75) is 6.92 Å². The van der Waals surface area contributed by atoms with E-state index in [1.807, 2.05) is 13.0 Å². The summed E-state index contributed by atoms with van der Waals surface area (Å²) < 4.78 is 11.1. The van der Waals surface area contributed by atoms with Gasteiger partial charge in [0.1, 0.15) is 4.60 Å². The maximum atomic E-state index is 5.50. The van der Waals surface area contributed by atoms with Gasteiger partial charge in [0.15, 0.2) is 5.75 Å². The molecule has 5 nitrogen and oxygen atoms in total. The van der Waals surface area contributed by atoms with Crippen molar-refractivity contribution in [1.29, 1.82) is 0 Å². The van der Waals surface area contributed by atoms with Gasteiger partial charge in [0.05, 0.1) is 7.11 Å². The van der Waals surface area contributed by atoms with Crippen LogP contribution in [0.2, 0.25) is 0 Å². The quantitative estimate of drug-likeness (QED) is 0.815. The molecular weight excluding hydrogens is 286 g/mol. The molecule has 17 heavy (non-hydrogen) atoms. The van der Waals surface area contributed by atoms with Crippen molar-refractivity contribution in [3.8, 4) is 17.6 Å². The molecule has 0 aliphatic rings. The Morgan fingerprint density at radius 1 is 1.18 bits per heavy atom. The van der Waals surface area contributed by atoms with Crippen molar-refractivity contribution >= 4 is 15.9 Å². The Morgan fingerprint density at radius 3 is 2.71 bits per heavy atom. The van der Waals surface area contributed by atoms with Crippen LogP contribution in [0.4, 0.5) is 0 Å². The third-order valence-corrected chi connectivity index (χ3v) is 2.54. The van der Waals surface area contributed by atoms with E-state index in [0.717, 1.165) is 5.69 Å². The maximum absolute atomic E-state index is 5.50. The predicted molar refractivity (Wildman–Crippen MR) is 65.3 cm³/mol. The minimum Gasteiger partial charge on any atom is -0.481 e. The summed E-state index contributed by atoms with van der Waals surface area (Å²) in [6.45, 7) is 1.90. The number of methoxy groups -OCH3 is 1. The second-order valence-corrected chi connectivity index (χ2v) is 3.98. The first kappa shape index (κ1) is 11.8. The van der Waals surface area contributed by atoms with Crippen molar-refractivity contribution < 1.29 is 9.47 Å². The van der Waals surface area contributed by atoms with Crippen LogP contribution in [-0.4, -0.2) is 22.1 Å². The van der Waals surface area contributed by atoms with Crippen LogP contribution in [0.1, 0.15) is 5.69 Å². The fourth-order valence-electron chi connectivity index (χ4n) is 1.17. The summed E-state index contributed by atoms with van der Waals surface area (Å²) >= 11 is 3.32. The summed E-state index contributed by atoms with van der Waals surface area (Å²) in [6.07, 6.45) is 1.57. The van der Waals surface area contributed by atoms with Crippen molar-refractivity contribution in [2.24, 2.45) is 0 Å². The van der Waals surface area contributed by atoms with Crippen LogP contribution >= 0.6 is 15.9 Å². The molecule has 0 radical (unpaired) electrons. The normalized spacial score (nSPS) is 10.1. The Hall–Kier alpha value is -1.69. The van der Waals surface area contributed by atoms with Gasteiger partial charge < -0.3 is 9.47 Å². The molecule has 0 saturated heterocycles. The average molecular weight is 296 g/mol. The molecule has 2 heterocycles. The Morgan fingerprint density at radius 2 is 2.00 bits per heavy atom. The molecule has 0 spiro atoms. The van der Waals surface area contributed by atoms with Crippen LogP contribution in [0.25, 0.3) is 0 Å². The Bertz CT molecular complexity index is 534. The van der Waals surface area contributed by atoms with E-state index in [9.17, 15) is 0 Å². The van der Waals surface area contributed by atoms with Gasteiger partial charge in [-0.1, -0.05) is 0 Å². The number of hydrogen-bond acceptors (Lipinski definition) is 5. The highest BCUT2D eigenvalue weighted by Gasteiger charge is 2.07. The largest absolute Gasteiger partial charge is 0.481 e. The van der Waals surface area contributed by atoms with Gasteiger partial charge in [0.25, 0.3) is 0 Å². The SMILES string of the molecule is COc1ccnc(Oc2ccc(C)nc2Br)n1. The standard InChI is InChI=1S/C11H10BrN3O2/c1-7-3-4-8(10(12)14-7)17-11-13-6-5-9(15-11)16-2/h3-6H,1-2H3. The molecule has 0 unspecified atom stereocenters. The number of nitrogens with zero attached hydrogens (tertiary/aromatic N) is 3. The van der Waals surface area contributed by atoms with Crippen molar-refractivity contribution in [1.82, 2.24) is 15.0 Å². The van der Waals surface area contributed by atoms with Gasteiger partial charge in [-0.15, -0.1) is 0 Å². The smallest absolute Gasteiger partial charge is 0.325 e. The lowest BCUT2D eigenvalue weighted by Gasteiger charge is -2.06. The summed E-state index contributed by atoms with van der Waals surface area (Å²) in [5, 5.41) is 0. The van der Waals surface area contributed by atoms with E-state index in [1.54, 1.807) is 18.3 Å². The first-order chi connectivity index (χ1) is 8.19. The van der Waals surface area contributed by atoms with E-state index < -0.39 is 0 Å². The van der Waals surface area contributed by atoms with Crippen molar-refractivity contribution in [2.75, 3.05) is 7.11 Å². The van der Waals surface area contributed by atoms with Crippen LogP contribution in [0.3, 0.4) is 0 Å². The molecule has 0 aliphatic carbocycles. The zero-order valence-electron chi connectivity index (χ0n) is 9.35. The van der Waals surface area contributed by atoms with Crippen LogP contribution in [0.15, 0.2) is 29.0 Å². The fourth-order valence-corrected chi connectivity index (χ4v) is 1.67. The van der Waals surface area contributed by atoms with Crippen molar-refractivity contribution in [3.05, 3.63) is 34.7 Å². The second kappa shape index (κ2) is 5.09. The maximum Gasteiger partial charge on any atom is 0.325 e. The zero-order chi connectivity index (χ0) is 12.3. The fraction of sp³-hybridized carbons (Fsp3) is 0.182. The lowest BCUT2D eigenvalue weighted by molar-refractivity contribution is 0.375. The predicted octanol–water partition coefficient (Wildman–Crippen LogP) is 2.74. The number of aryl methyl sites for hydroxylation is 1. The van der Waals surface area contributed by atoms with E-state index in [2.05, 4.69) is 30.9 Å². The molecule has 88 valence electrons. The minimum atomic E-state index is 0.218. The highest BCUT2D eigenvalue weighted by molar-refractivity contribution is 9.10. The van der Waals surface area contributed by atoms with E-state index in [-0.39, 0.29) is 6.01 Å². The van der Waals surface area contributed by atoms with Crippen LogP contribution in [0.5, 0.6) is 17.6 Å². The van der Waals surface area contributed by atoms with Gasteiger partial charge in [-0.05, 0) is 35.0 Å². The number of rotatable bonds is 3. The van der Waals surface area contributed by atoms with Crippen LogP contribution < -0.4 is 9.47 Å². The zero-order valence-corrected chi connectivity index (χ0v) is 10.9. The molecule has 0 aromatic carbocycles. The summed E-state index contributed by atoms with van der Waals surface area (Å²) in [5.74, 6) is 1.01. The molecule has 0 saturated carbocycles. The molecule has 2 aromatic rings. The highest BCUT2D eigenvalue weighted by Crippen LogP contribution is 2.26. The topological polar surface area (TPSA) is 57.1 Å². The molecule has 0 fully saturated rings. The molecule has 0 atom stereocenters. The summed E-state index contributed by atoms with van der Waals surface area (Å²) in [5.41, 5.74) is 0.899. The highest BCUT2D eigenvalue weighted by atomic mass is 79.9. The van der Waals surface area contributed by atoms with Gasteiger partial charge >= 0.3 is 6.01 Å². The number of pyridine rings is 1. The molecule has 2 rings (SSSR count). The van der Waals surface area contributed by atoms with Gasteiger partial charge in [0, 0.05) is 18.0 Å². The van der Waals surface area contributed by atoms with E-state index in [1.165, 1.54) is 7.11 Å². The number of hydrogen-bond donors (Lipinski definition) is 0. The third kappa shape index (κ3) is 2.91. The second-order valence-electron chi connectivity index (χ2n) is 3.23. The molecule has 2 aromatic heterocycles. The number of ether oxygens (including phenoxy) is 2. The molecular formula is C11H10BrN3O2. The monoisotopic (exact) mass is 295 g/mol. The molecule has 0 N–H and O–H groups in total. The molecule has 0 aliphatic heterocycles. The summed E-state index contributed by atoms with van der Waals surface area (Å²) in [7, 11) is 1.54. The van der Waals surface area contributed by atoms with Gasteiger partial charge in [-0.2, -0.15) is 4.98 Å². The Kier molecular flexibility index (Phi) is 3.53. The van der Waals surface area contributed by atoms with Crippen LogP contribution in [-0.2, 0) is 0 Å². The van der Waals surface area contributed by atoms with Crippen molar-refractivity contribution in [3.63, 3.8) is 0 Å². The Labute approximate surface area is 107 Å². The number of halogens is 1. The molecule has 6 heteroatoms. The van der Waals surface area contributed by atoms with E-state index in [0.29, 0.717) is 16.2 Å². The molecule has 0 amide bonds.